The van der Waals surface area contributed by atoms with Gasteiger partial charge in [-0.05, 0) is 55.8 Å². The smallest absolute Gasteiger partial charge is 0.376 e. The fourth-order valence-electron chi connectivity index (χ4n) is 3.53. The first-order valence-corrected chi connectivity index (χ1v) is 11.0. The van der Waals surface area contributed by atoms with E-state index in [2.05, 4.69) is 0 Å². The maximum absolute atomic E-state index is 13.1. The van der Waals surface area contributed by atoms with Crippen molar-refractivity contribution in [1.82, 2.24) is 4.31 Å². The Morgan fingerprint density at radius 2 is 1.65 bits per heavy atom. The van der Waals surface area contributed by atoms with Crippen LogP contribution in [0.1, 0.15) is 25.0 Å². The molecule has 3 rings (SSSR count). The van der Waals surface area contributed by atoms with Crippen molar-refractivity contribution in [2.24, 2.45) is 0 Å². The van der Waals surface area contributed by atoms with E-state index < -0.39 is 27.4 Å². The van der Waals surface area contributed by atoms with Gasteiger partial charge >= 0.3 is 6.18 Å². The third kappa shape index (κ3) is 4.39. The summed E-state index contributed by atoms with van der Waals surface area (Å²) in [5, 5.41) is 18.7. The van der Waals surface area contributed by atoms with E-state index in [9.17, 15) is 26.7 Å². The Labute approximate surface area is 179 Å². The highest BCUT2D eigenvalue weighted by atomic mass is 32.2. The molecule has 31 heavy (non-hydrogen) atoms. The first-order valence-electron chi connectivity index (χ1n) is 9.54. The minimum atomic E-state index is -4.89. The number of hydrogen-bond donors (Lipinski definition) is 1. The number of hydrogen-bond acceptors (Lipinski definition) is 5. The van der Waals surface area contributed by atoms with Gasteiger partial charge in [-0.2, -0.15) is 22.7 Å². The topological polar surface area (TPSA) is 84.6 Å². The molecule has 2 atom stereocenters. The molecule has 1 heterocycles. The molecule has 10 heteroatoms. The van der Waals surface area contributed by atoms with Crippen LogP contribution in [0.15, 0.2) is 53.4 Å². The number of benzene rings is 2. The summed E-state index contributed by atoms with van der Waals surface area (Å²) in [5.74, 6) is 0. The van der Waals surface area contributed by atoms with Gasteiger partial charge in [0.1, 0.15) is 0 Å². The van der Waals surface area contributed by atoms with E-state index in [-0.39, 0.29) is 17.5 Å². The minimum Gasteiger partial charge on any atom is -0.376 e. The molecule has 2 aromatic carbocycles. The summed E-state index contributed by atoms with van der Waals surface area (Å²) < 4.78 is 66.5. The van der Waals surface area contributed by atoms with Crippen LogP contribution in [-0.4, -0.2) is 49.7 Å². The number of aliphatic hydroxyl groups is 1. The Kier molecular flexibility index (Phi) is 6.06. The lowest BCUT2D eigenvalue weighted by Crippen LogP contribution is -2.54. The van der Waals surface area contributed by atoms with Crippen molar-refractivity contribution in [3.8, 4) is 6.07 Å². The number of nitrogens with zero attached hydrogens (tertiary/aromatic N) is 3. The number of piperazine rings is 1. The SMILES string of the molecule is C[C@@H]1CN(c2ccc(C#N)cc2)CCN1S(=O)(=O)c1ccc(C(C)(O)C(F)(F)F)cc1. The van der Waals surface area contributed by atoms with Crippen molar-refractivity contribution in [1.29, 1.82) is 5.26 Å². The first kappa shape index (κ1) is 23.1. The molecule has 6 nitrogen and oxygen atoms in total. The van der Waals surface area contributed by atoms with Crippen LogP contribution in [0.2, 0.25) is 0 Å². The van der Waals surface area contributed by atoms with Gasteiger partial charge in [0, 0.05) is 31.4 Å². The predicted molar refractivity (Wildman–Crippen MR) is 109 cm³/mol. The highest BCUT2D eigenvalue weighted by Gasteiger charge is 2.51. The molecule has 0 bridgehead atoms. The molecule has 1 N–H and O–H groups in total. The second-order valence-corrected chi connectivity index (χ2v) is 9.55. The zero-order valence-corrected chi connectivity index (χ0v) is 17.8. The van der Waals surface area contributed by atoms with Crippen LogP contribution < -0.4 is 4.90 Å². The number of rotatable bonds is 4. The molecule has 0 amide bonds. The van der Waals surface area contributed by atoms with E-state index in [1.54, 1.807) is 31.2 Å². The molecule has 1 saturated heterocycles. The summed E-state index contributed by atoms with van der Waals surface area (Å²) in [4.78, 5) is 1.88. The second kappa shape index (κ2) is 8.15. The lowest BCUT2D eigenvalue weighted by molar-refractivity contribution is -0.258. The van der Waals surface area contributed by atoms with Crippen molar-refractivity contribution in [2.75, 3.05) is 24.5 Å². The molecule has 1 fully saturated rings. The van der Waals surface area contributed by atoms with Crippen LogP contribution in [0, 0.1) is 11.3 Å². The number of nitriles is 1. The molecule has 2 aromatic rings. The van der Waals surface area contributed by atoms with Gasteiger partial charge in [-0.15, -0.1) is 0 Å². The highest BCUT2D eigenvalue weighted by molar-refractivity contribution is 7.89. The van der Waals surface area contributed by atoms with Crippen LogP contribution in [-0.2, 0) is 15.6 Å². The van der Waals surface area contributed by atoms with E-state index in [4.69, 9.17) is 5.26 Å². The van der Waals surface area contributed by atoms with Gasteiger partial charge in [-0.3, -0.25) is 0 Å². The number of anilines is 1. The summed E-state index contributed by atoms with van der Waals surface area (Å²) in [5.41, 5.74) is -2.10. The molecule has 1 unspecified atom stereocenters. The van der Waals surface area contributed by atoms with Crippen molar-refractivity contribution in [2.45, 2.75) is 36.6 Å². The quantitative estimate of drug-likeness (QED) is 0.769. The normalized spacial score (nSPS) is 20.2. The van der Waals surface area contributed by atoms with Gasteiger partial charge in [0.05, 0.1) is 16.5 Å². The maximum atomic E-state index is 13.1. The molecule has 1 aliphatic rings. The lowest BCUT2D eigenvalue weighted by Gasteiger charge is -2.40. The molecule has 0 saturated carbocycles. The van der Waals surface area contributed by atoms with Gasteiger partial charge in [0.2, 0.25) is 10.0 Å². The summed E-state index contributed by atoms with van der Waals surface area (Å²) >= 11 is 0. The van der Waals surface area contributed by atoms with Gasteiger partial charge in [-0.1, -0.05) is 12.1 Å². The lowest BCUT2D eigenvalue weighted by atomic mass is 9.96. The molecule has 166 valence electrons. The van der Waals surface area contributed by atoms with E-state index in [0.29, 0.717) is 25.6 Å². The van der Waals surface area contributed by atoms with E-state index in [0.717, 1.165) is 30.0 Å². The molecule has 0 spiro atoms. The summed E-state index contributed by atoms with van der Waals surface area (Å²) in [6.45, 7) is 3.44. The van der Waals surface area contributed by atoms with Crippen LogP contribution in [0.4, 0.5) is 18.9 Å². The van der Waals surface area contributed by atoms with Crippen LogP contribution in [0.25, 0.3) is 0 Å². The summed E-state index contributed by atoms with van der Waals surface area (Å²) in [7, 11) is -3.92. The Morgan fingerprint density at radius 1 is 1.06 bits per heavy atom. The molecule has 0 radical (unpaired) electrons. The van der Waals surface area contributed by atoms with Crippen LogP contribution in [0.3, 0.4) is 0 Å². The second-order valence-electron chi connectivity index (χ2n) is 7.66. The fraction of sp³-hybridized carbons (Fsp3) is 0.381. The van der Waals surface area contributed by atoms with Crippen LogP contribution in [0.5, 0.6) is 0 Å². The third-order valence-corrected chi connectivity index (χ3v) is 7.53. The molecule has 0 aromatic heterocycles. The average molecular weight is 453 g/mol. The van der Waals surface area contributed by atoms with Gasteiger partial charge in [0.25, 0.3) is 0 Å². The van der Waals surface area contributed by atoms with Gasteiger partial charge < -0.3 is 10.0 Å². The maximum Gasteiger partial charge on any atom is 0.421 e. The highest BCUT2D eigenvalue weighted by Crippen LogP contribution is 2.38. The molecular weight excluding hydrogens is 431 g/mol. The van der Waals surface area contributed by atoms with Crippen molar-refractivity contribution in [3.63, 3.8) is 0 Å². The number of halogens is 3. The summed E-state index contributed by atoms with van der Waals surface area (Å²) in [6.07, 6.45) is -4.89. The average Bonchev–Trinajstić information content (AvgIpc) is 2.73. The summed E-state index contributed by atoms with van der Waals surface area (Å²) in [6, 6.07) is 12.8. The predicted octanol–water partition coefficient (Wildman–Crippen LogP) is 3.23. The van der Waals surface area contributed by atoms with Gasteiger partial charge in [0.15, 0.2) is 5.60 Å². The fourth-order valence-corrected chi connectivity index (χ4v) is 5.14. The number of alkyl halides is 3. The largest absolute Gasteiger partial charge is 0.421 e. The van der Waals surface area contributed by atoms with Gasteiger partial charge in [-0.25, -0.2) is 8.42 Å². The Morgan fingerprint density at radius 3 is 2.13 bits per heavy atom. The Hall–Kier alpha value is -2.61. The minimum absolute atomic E-state index is 0.132. The number of sulfonamides is 1. The van der Waals surface area contributed by atoms with Crippen LogP contribution >= 0.6 is 0 Å². The van der Waals surface area contributed by atoms with E-state index in [1.165, 1.54) is 4.31 Å². The van der Waals surface area contributed by atoms with E-state index >= 15 is 0 Å². The first-order chi connectivity index (χ1) is 14.4. The van der Waals surface area contributed by atoms with Crippen molar-refractivity contribution in [3.05, 3.63) is 59.7 Å². The standard InChI is InChI=1S/C21H22F3N3O3S/c1-15-14-26(18-7-3-16(13-25)4-8-18)11-12-27(15)31(29,30)19-9-5-17(6-10-19)20(2,28)21(22,23)24/h3-10,15,28H,11-12,14H2,1-2H3/t15-,20?/m1/s1. The van der Waals surface area contributed by atoms with Crippen molar-refractivity contribution < 1.29 is 26.7 Å². The third-order valence-electron chi connectivity index (χ3n) is 5.50. The van der Waals surface area contributed by atoms with Crippen molar-refractivity contribution >= 4 is 15.7 Å². The monoisotopic (exact) mass is 453 g/mol. The zero-order chi connectivity index (χ0) is 23.0. The Balaban J connectivity index is 1.77. The molecule has 0 aliphatic carbocycles. The molecule has 1 aliphatic heterocycles. The zero-order valence-electron chi connectivity index (χ0n) is 17.0. The van der Waals surface area contributed by atoms with E-state index in [1.807, 2.05) is 11.0 Å². The molecular formula is C21H22F3N3O3S. The Bertz CT molecular complexity index is 1080.